The number of fused-ring (bicyclic) bond motifs is 1. The van der Waals surface area contributed by atoms with Gasteiger partial charge in [-0.1, -0.05) is 30.3 Å². The van der Waals surface area contributed by atoms with Gasteiger partial charge in [0, 0.05) is 41.3 Å². The molecule has 0 bridgehead atoms. The lowest BCUT2D eigenvalue weighted by Gasteiger charge is -2.11. The Balaban J connectivity index is 1.44. The minimum atomic E-state index is -0.585. The molecule has 0 atom stereocenters. The zero-order valence-electron chi connectivity index (χ0n) is 20.4. The molecule has 0 amide bonds. The van der Waals surface area contributed by atoms with Crippen LogP contribution in [-0.2, 0) is 6.54 Å². The van der Waals surface area contributed by atoms with E-state index in [0.29, 0.717) is 28.0 Å². The van der Waals surface area contributed by atoms with Crippen molar-refractivity contribution in [1.82, 2.24) is 19.4 Å². The summed E-state index contributed by atoms with van der Waals surface area (Å²) >= 11 is 0. The number of hydrogen-bond donors (Lipinski definition) is 1. The maximum Gasteiger partial charge on any atom is 0.354 e. The van der Waals surface area contributed by atoms with Gasteiger partial charge in [-0.25, -0.2) is 14.8 Å². The highest BCUT2D eigenvalue weighted by atomic mass is 19.1. The number of hydrogen-bond acceptors (Lipinski definition) is 5. The van der Waals surface area contributed by atoms with Crippen LogP contribution < -0.4 is 10.1 Å². The Kier molecular flexibility index (Phi) is 6.08. The van der Waals surface area contributed by atoms with Gasteiger partial charge < -0.3 is 5.11 Å². The molecule has 0 fully saturated rings. The van der Waals surface area contributed by atoms with Crippen LogP contribution in [0.1, 0.15) is 5.56 Å². The highest BCUT2D eigenvalue weighted by Crippen LogP contribution is 2.28. The fraction of sp³-hybridized carbons (Fsp3) is 0.0333. The molecule has 0 aliphatic carbocycles. The maximum atomic E-state index is 13.6. The standard InChI is InChI=1S/C30H19F2N5O2/c31-25-11-8-22(16-34-25)20-4-3-5-21(14-20)28-29(38)36-13-2-1-6-27(36)37(30(28)39)18-19-7-10-24(33-15-19)23-9-12-26(32)35-17-23/h1-17H,18H2/p+1. The molecule has 0 radical (unpaired) electrons. The summed E-state index contributed by atoms with van der Waals surface area (Å²) in [6.45, 7) is 0.225. The zero-order valence-corrected chi connectivity index (χ0v) is 20.4. The lowest BCUT2D eigenvalue weighted by molar-refractivity contribution is -0.671. The molecule has 0 spiro atoms. The molecule has 0 saturated carbocycles. The first-order valence-electron chi connectivity index (χ1n) is 12.0. The molecule has 6 aromatic rings. The van der Waals surface area contributed by atoms with Crippen LogP contribution >= 0.6 is 0 Å². The molecule has 7 nitrogen and oxygen atoms in total. The SMILES string of the molecule is O=c1c(-c2cccc(-c3ccc(F)nc3)c2)c(O)[n+](Cc2ccc(-c3ccc(F)nc3)nc2)c2ccccn12. The van der Waals surface area contributed by atoms with Crippen LogP contribution in [0.4, 0.5) is 8.78 Å². The van der Waals surface area contributed by atoms with E-state index in [9.17, 15) is 18.7 Å². The first-order valence-corrected chi connectivity index (χ1v) is 12.0. The second-order valence-electron chi connectivity index (χ2n) is 8.89. The second-order valence-corrected chi connectivity index (χ2v) is 8.89. The first-order chi connectivity index (χ1) is 19.0. The summed E-state index contributed by atoms with van der Waals surface area (Å²) in [7, 11) is 0. The van der Waals surface area contributed by atoms with Crippen molar-refractivity contribution >= 4 is 5.65 Å². The number of pyridine rings is 4. The Morgan fingerprint density at radius 1 is 0.744 bits per heavy atom. The van der Waals surface area contributed by atoms with E-state index >= 15 is 0 Å². The van der Waals surface area contributed by atoms with Gasteiger partial charge in [0.15, 0.2) is 5.56 Å². The van der Waals surface area contributed by atoms with E-state index in [1.54, 1.807) is 71.6 Å². The lowest BCUT2D eigenvalue weighted by atomic mass is 10.0. The molecule has 0 aliphatic heterocycles. The van der Waals surface area contributed by atoms with Crippen LogP contribution in [0.15, 0.2) is 108 Å². The highest BCUT2D eigenvalue weighted by Gasteiger charge is 2.25. The summed E-state index contributed by atoms with van der Waals surface area (Å²) in [6.07, 6.45) is 6.14. The van der Waals surface area contributed by atoms with Crippen LogP contribution in [0, 0.1) is 11.9 Å². The van der Waals surface area contributed by atoms with Gasteiger partial charge >= 0.3 is 5.56 Å². The van der Waals surface area contributed by atoms with Crippen LogP contribution in [0.2, 0.25) is 0 Å². The molecule has 0 saturated heterocycles. The van der Waals surface area contributed by atoms with E-state index in [2.05, 4.69) is 15.0 Å². The molecule has 1 aromatic carbocycles. The van der Waals surface area contributed by atoms with Crippen LogP contribution in [0.25, 0.3) is 39.2 Å². The number of aromatic nitrogens is 5. The Bertz CT molecular complexity index is 1870. The summed E-state index contributed by atoms with van der Waals surface area (Å²) in [6, 6.07) is 21.8. The Morgan fingerprint density at radius 2 is 1.49 bits per heavy atom. The van der Waals surface area contributed by atoms with Crippen LogP contribution in [0.3, 0.4) is 0 Å². The van der Waals surface area contributed by atoms with Gasteiger partial charge in [0.25, 0.3) is 11.5 Å². The molecule has 5 aromatic heterocycles. The number of halogens is 2. The summed E-state index contributed by atoms with van der Waals surface area (Å²) in [5.41, 5.74) is 4.21. The molecule has 1 N–H and O–H groups in total. The van der Waals surface area contributed by atoms with Gasteiger partial charge in [0.2, 0.25) is 11.9 Å². The normalized spacial score (nSPS) is 11.1. The van der Waals surface area contributed by atoms with Crippen molar-refractivity contribution in [1.29, 1.82) is 0 Å². The predicted molar refractivity (Wildman–Crippen MR) is 141 cm³/mol. The predicted octanol–water partition coefficient (Wildman–Crippen LogP) is 4.81. The Hall–Kier alpha value is -5.31. The van der Waals surface area contributed by atoms with Gasteiger partial charge in [-0.3, -0.25) is 4.98 Å². The first kappa shape index (κ1) is 24.1. The van der Waals surface area contributed by atoms with E-state index in [1.165, 1.54) is 28.9 Å². The van der Waals surface area contributed by atoms with Crippen molar-refractivity contribution in [3.8, 4) is 39.4 Å². The van der Waals surface area contributed by atoms with E-state index in [1.807, 2.05) is 12.1 Å². The second kappa shape index (κ2) is 9.86. The smallest absolute Gasteiger partial charge is 0.354 e. The van der Waals surface area contributed by atoms with Gasteiger partial charge in [0.1, 0.15) is 6.54 Å². The number of benzene rings is 1. The minimum absolute atomic E-state index is 0.123. The van der Waals surface area contributed by atoms with Crippen LogP contribution in [-0.4, -0.2) is 24.5 Å². The average molecular weight is 521 g/mol. The van der Waals surface area contributed by atoms with Crippen molar-refractivity contribution in [2.24, 2.45) is 0 Å². The van der Waals surface area contributed by atoms with Crippen molar-refractivity contribution < 1.29 is 18.5 Å². The van der Waals surface area contributed by atoms with Crippen molar-refractivity contribution in [3.63, 3.8) is 0 Å². The Morgan fingerprint density at radius 3 is 2.18 bits per heavy atom. The largest absolute Gasteiger partial charge is 0.477 e. The summed E-state index contributed by atoms with van der Waals surface area (Å²) in [5, 5.41) is 11.5. The van der Waals surface area contributed by atoms with Crippen molar-refractivity contribution in [2.75, 3.05) is 0 Å². The summed E-state index contributed by atoms with van der Waals surface area (Å²) in [4.78, 5) is 25.4. The third kappa shape index (κ3) is 4.61. The fourth-order valence-electron chi connectivity index (χ4n) is 4.49. The topological polar surface area (TPSA) is 84.3 Å². The number of rotatable bonds is 5. The van der Waals surface area contributed by atoms with Gasteiger partial charge in [0.05, 0.1) is 11.9 Å². The van der Waals surface area contributed by atoms with Gasteiger partial charge in [-0.05, 0) is 53.6 Å². The molecule has 5 heterocycles. The molecule has 39 heavy (non-hydrogen) atoms. The van der Waals surface area contributed by atoms with Crippen molar-refractivity contribution in [3.05, 3.63) is 131 Å². The van der Waals surface area contributed by atoms with Crippen LogP contribution in [0.5, 0.6) is 5.88 Å². The summed E-state index contributed by atoms with van der Waals surface area (Å²) in [5.74, 6) is -1.35. The molecular weight excluding hydrogens is 500 g/mol. The van der Waals surface area contributed by atoms with Gasteiger partial charge in [-0.15, -0.1) is 0 Å². The summed E-state index contributed by atoms with van der Waals surface area (Å²) < 4.78 is 29.6. The Labute approximate surface area is 221 Å². The zero-order chi connectivity index (χ0) is 26.9. The molecule has 0 aliphatic rings. The van der Waals surface area contributed by atoms with Crippen molar-refractivity contribution in [2.45, 2.75) is 6.54 Å². The molecule has 6 rings (SSSR count). The minimum Gasteiger partial charge on any atom is -0.477 e. The maximum absolute atomic E-state index is 13.6. The monoisotopic (exact) mass is 520 g/mol. The molecule has 0 unspecified atom stereocenters. The van der Waals surface area contributed by atoms with E-state index in [0.717, 1.165) is 11.1 Å². The fourth-order valence-corrected chi connectivity index (χ4v) is 4.49. The number of nitrogens with zero attached hydrogens (tertiary/aromatic N) is 5. The number of aromatic hydroxyl groups is 1. The lowest BCUT2D eigenvalue weighted by Crippen LogP contribution is -2.41. The molecule has 9 heteroatoms. The third-order valence-electron chi connectivity index (χ3n) is 6.43. The quantitative estimate of drug-likeness (QED) is 0.261. The van der Waals surface area contributed by atoms with E-state index in [4.69, 9.17) is 0 Å². The third-order valence-corrected chi connectivity index (χ3v) is 6.43. The van der Waals surface area contributed by atoms with Gasteiger partial charge in [-0.2, -0.15) is 17.7 Å². The highest BCUT2D eigenvalue weighted by molar-refractivity contribution is 5.74. The van der Waals surface area contributed by atoms with E-state index in [-0.39, 0.29) is 23.5 Å². The molecule has 190 valence electrons. The molecular formula is C30H20F2N5O2+. The van der Waals surface area contributed by atoms with E-state index < -0.39 is 11.9 Å². The average Bonchev–Trinajstić information content (AvgIpc) is 2.97.